The van der Waals surface area contributed by atoms with Crippen LogP contribution < -0.4 is 5.32 Å². The highest BCUT2D eigenvalue weighted by Crippen LogP contribution is 2.29. The first-order valence-corrected chi connectivity index (χ1v) is 8.70. The van der Waals surface area contributed by atoms with Gasteiger partial charge in [0.15, 0.2) is 0 Å². The largest absolute Gasteiger partial charge is 0.325 e. The molecule has 3 rings (SSSR count). The Bertz CT molecular complexity index is 867. The van der Waals surface area contributed by atoms with Crippen LogP contribution in [0.25, 0.3) is 10.6 Å². The van der Waals surface area contributed by atoms with Gasteiger partial charge in [-0.25, -0.2) is 9.97 Å². The van der Waals surface area contributed by atoms with Crippen LogP contribution in [0.15, 0.2) is 48.7 Å². The smallest absolute Gasteiger partial charge is 0.132 e. The average Bonchev–Trinajstić information content (AvgIpc) is 3.04. The molecule has 0 aliphatic heterocycles. The molecule has 122 valence electrons. The third-order valence-corrected chi connectivity index (χ3v) is 4.76. The van der Waals surface area contributed by atoms with Crippen LogP contribution in [0.2, 0.25) is 0 Å². The third-order valence-electron chi connectivity index (χ3n) is 3.62. The van der Waals surface area contributed by atoms with Gasteiger partial charge in [0.2, 0.25) is 0 Å². The summed E-state index contributed by atoms with van der Waals surface area (Å²) in [6.07, 6.45) is 1.78. The fourth-order valence-corrected chi connectivity index (χ4v) is 3.36. The standard InChI is InChI=1S/C19H20N4S/c1-12(2)19(20)16-8-7-15(24-16)14-5-4-6-17(22-14)23-18-11-13(3)9-10-21-18/h4-12,20H,1-3H3,(H,21,22,23). The molecule has 0 atom stereocenters. The van der Waals surface area contributed by atoms with E-state index in [-0.39, 0.29) is 5.92 Å². The minimum absolute atomic E-state index is 0.227. The maximum Gasteiger partial charge on any atom is 0.132 e. The summed E-state index contributed by atoms with van der Waals surface area (Å²) in [5.74, 6) is 1.78. The SMILES string of the molecule is Cc1ccnc(Nc2cccc(-c3ccc(C(=N)C(C)C)s3)n2)c1. The summed E-state index contributed by atoms with van der Waals surface area (Å²) in [5, 5.41) is 11.4. The molecule has 24 heavy (non-hydrogen) atoms. The number of anilines is 2. The first-order chi connectivity index (χ1) is 11.5. The lowest BCUT2D eigenvalue weighted by molar-refractivity contribution is 0.880. The Labute approximate surface area is 146 Å². The molecule has 0 aliphatic carbocycles. The van der Waals surface area contributed by atoms with Crippen molar-refractivity contribution in [1.29, 1.82) is 5.41 Å². The van der Waals surface area contributed by atoms with Crippen LogP contribution in [0.3, 0.4) is 0 Å². The van der Waals surface area contributed by atoms with Crippen LogP contribution in [0.5, 0.6) is 0 Å². The van der Waals surface area contributed by atoms with Gasteiger partial charge >= 0.3 is 0 Å². The number of hydrogen-bond acceptors (Lipinski definition) is 5. The Morgan fingerprint density at radius 1 is 1.12 bits per heavy atom. The van der Waals surface area contributed by atoms with Gasteiger partial charge in [0.25, 0.3) is 0 Å². The molecule has 0 aliphatic rings. The van der Waals surface area contributed by atoms with Crippen molar-refractivity contribution in [3.05, 3.63) is 59.1 Å². The second kappa shape index (κ2) is 6.93. The van der Waals surface area contributed by atoms with E-state index in [1.807, 2.05) is 63.2 Å². The Morgan fingerprint density at radius 2 is 1.96 bits per heavy atom. The number of nitrogens with zero attached hydrogens (tertiary/aromatic N) is 2. The predicted molar refractivity (Wildman–Crippen MR) is 101 cm³/mol. The highest BCUT2D eigenvalue weighted by atomic mass is 32.1. The lowest BCUT2D eigenvalue weighted by atomic mass is 10.1. The number of nitrogens with one attached hydrogen (secondary N) is 2. The van der Waals surface area contributed by atoms with E-state index in [2.05, 4.69) is 15.3 Å². The molecule has 4 nitrogen and oxygen atoms in total. The van der Waals surface area contributed by atoms with Crippen molar-refractivity contribution in [2.75, 3.05) is 5.32 Å². The van der Waals surface area contributed by atoms with Crippen molar-refractivity contribution < 1.29 is 0 Å². The lowest BCUT2D eigenvalue weighted by Crippen LogP contribution is -2.04. The number of rotatable bonds is 5. The van der Waals surface area contributed by atoms with Gasteiger partial charge in [0.05, 0.1) is 16.3 Å². The molecule has 2 N–H and O–H groups in total. The minimum atomic E-state index is 0.227. The molecule has 3 heterocycles. The highest BCUT2D eigenvalue weighted by molar-refractivity contribution is 7.17. The van der Waals surface area contributed by atoms with E-state index in [0.29, 0.717) is 5.71 Å². The van der Waals surface area contributed by atoms with E-state index >= 15 is 0 Å². The predicted octanol–water partition coefficient (Wildman–Crippen LogP) is 5.28. The van der Waals surface area contributed by atoms with Gasteiger partial charge in [-0.05, 0) is 54.8 Å². The minimum Gasteiger partial charge on any atom is -0.325 e. The number of aromatic nitrogens is 2. The zero-order chi connectivity index (χ0) is 17.1. The molecule has 0 aromatic carbocycles. The van der Waals surface area contributed by atoms with Gasteiger partial charge in [-0.2, -0.15) is 0 Å². The Balaban J connectivity index is 1.84. The molecule has 0 fully saturated rings. The van der Waals surface area contributed by atoms with E-state index < -0.39 is 0 Å². The van der Waals surface area contributed by atoms with E-state index in [9.17, 15) is 0 Å². The zero-order valence-electron chi connectivity index (χ0n) is 14.0. The van der Waals surface area contributed by atoms with E-state index in [1.165, 1.54) is 0 Å². The molecule has 0 saturated carbocycles. The van der Waals surface area contributed by atoms with Crippen LogP contribution in [-0.2, 0) is 0 Å². The van der Waals surface area contributed by atoms with Crippen LogP contribution in [0, 0.1) is 18.3 Å². The van der Waals surface area contributed by atoms with Gasteiger partial charge < -0.3 is 10.7 Å². The van der Waals surface area contributed by atoms with E-state index in [4.69, 9.17) is 5.41 Å². The fraction of sp³-hybridized carbons (Fsp3) is 0.211. The number of pyridine rings is 2. The van der Waals surface area contributed by atoms with Crippen molar-refractivity contribution in [3.63, 3.8) is 0 Å². The molecule has 0 unspecified atom stereocenters. The summed E-state index contributed by atoms with van der Waals surface area (Å²) in [4.78, 5) is 11.0. The molecule has 0 saturated heterocycles. The molecule has 3 aromatic heterocycles. The summed E-state index contributed by atoms with van der Waals surface area (Å²) in [7, 11) is 0. The van der Waals surface area contributed by atoms with Crippen LogP contribution in [0.1, 0.15) is 24.3 Å². The highest BCUT2D eigenvalue weighted by Gasteiger charge is 2.11. The van der Waals surface area contributed by atoms with Gasteiger partial charge in [-0.1, -0.05) is 19.9 Å². The lowest BCUT2D eigenvalue weighted by Gasteiger charge is -2.07. The van der Waals surface area contributed by atoms with Crippen molar-refractivity contribution >= 4 is 28.7 Å². The molecule has 5 heteroatoms. The zero-order valence-corrected chi connectivity index (χ0v) is 14.8. The first kappa shape index (κ1) is 16.3. The maximum absolute atomic E-state index is 8.14. The van der Waals surface area contributed by atoms with E-state index in [0.717, 1.165) is 32.6 Å². The maximum atomic E-state index is 8.14. The summed E-state index contributed by atoms with van der Waals surface area (Å²) in [6.45, 7) is 6.12. The van der Waals surface area contributed by atoms with Gasteiger partial charge in [-0.15, -0.1) is 11.3 Å². The number of thiophene rings is 1. The summed E-state index contributed by atoms with van der Waals surface area (Å²) in [6, 6.07) is 13.9. The molecule has 0 amide bonds. The number of hydrogen-bond donors (Lipinski definition) is 2. The Morgan fingerprint density at radius 3 is 2.71 bits per heavy atom. The molecule has 0 spiro atoms. The molecule has 0 bridgehead atoms. The molecule has 3 aromatic rings. The van der Waals surface area contributed by atoms with Crippen molar-refractivity contribution in [1.82, 2.24) is 9.97 Å². The molecular formula is C19H20N4S. The topological polar surface area (TPSA) is 61.7 Å². The fourth-order valence-electron chi connectivity index (χ4n) is 2.28. The van der Waals surface area contributed by atoms with Crippen molar-refractivity contribution in [2.24, 2.45) is 5.92 Å². The average molecular weight is 336 g/mol. The van der Waals surface area contributed by atoms with Crippen LogP contribution >= 0.6 is 11.3 Å². The Kier molecular flexibility index (Phi) is 4.71. The normalized spacial score (nSPS) is 10.8. The van der Waals surface area contributed by atoms with Crippen LogP contribution in [0.4, 0.5) is 11.6 Å². The summed E-state index contributed by atoms with van der Waals surface area (Å²) in [5.41, 5.74) is 2.73. The molecular weight excluding hydrogens is 316 g/mol. The molecule has 0 radical (unpaired) electrons. The summed E-state index contributed by atoms with van der Waals surface area (Å²) < 4.78 is 0. The van der Waals surface area contributed by atoms with Gasteiger partial charge in [-0.3, -0.25) is 0 Å². The van der Waals surface area contributed by atoms with Crippen molar-refractivity contribution in [3.8, 4) is 10.6 Å². The van der Waals surface area contributed by atoms with Crippen LogP contribution in [-0.4, -0.2) is 15.7 Å². The van der Waals surface area contributed by atoms with Gasteiger partial charge in [0.1, 0.15) is 11.6 Å². The van der Waals surface area contributed by atoms with Gasteiger partial charge in [0, 0.05) is 11.1 Å². The second-order valence-electron chi connectivity index (χ2n) is 5.98. The summed E-state index contributed by atoms with van der Waals surface area (Å²) >= 11 is 1.61. The third kappa shape index (κ3) is 3.68. The second-order valence-corrected chi connectivity index (χ2v) is 7.07. The monoisotopic (exact) mass is 336 g/mol. The number of aryl methyl sites for hydroxylation is 1. The van der Waals surface area contributed by atoms with Crippen molar-refractivity contribution in [2.45, 2.75) is 20.8 Å². The quantitative estimate of drug-likeness (QED) is 0.623. The Hall–Kier alpha value is -2.53. The van der Waals surface area contributed by atoms with E-state index in [1.54, 1.807) is 17.5 Å². The first-order valence-electron chi connectivity index (χ1n) is 7.88.